The van der Waals surface area contributed by atoms with Crippen LogP contribution in [0.4, 0.5) is 0 Å². The fourth-order valence-corrected chi connectivity index (χ4v) is 1.90. The molecule has 0 aliphatic carbocycles. The summed E-state index contributed by atoms with van der Waals surface area (Å²) in [5.41, 5.74) is 9.71. The molecule has 1 unspecified atom stereocenters. The van der Waals surface area contributed by atoms with Gasteiger partial charge in [0.05, 0.1) is 7.11 Å². The second-order valence-corrected chi connectivity index (χ2v) is 4.85. The van der Waals surface area contributed by atoms with E-state index in [4.69, 9.17) is 10.5 Å². The van der Waals surface area contributed by atoms with Gasteiger partial charge in [-0.15, -0.1) is 0 Å². The number of hydrogen-bond donors (Lipinski definition) is 2. The molecule has 3 heteroatoms. The minimum atomic E-state index is 0.0296. The molecule has 0 spiro atoms. The maximum atomic E-state index is 6.20. The number of rotatable bonds is 5. The Balaban J connectivity index is 2.86. The van der Waals surface area contributed by atoms with Gasteiger partial charge in [-0.25, -0.2) is 0 Å². The molecule has 0 saturated carbocycles. The molecule has 0 bridgehead atoms. The lowest BCUT2D eigenvalue weighted by Crippen LogP contribution is -2.32. The molecule has 1 aromatic carbocycles. The van der Waals surface area contributed by atoms with E-state index in [1.165, 1.54) is 11.1 Å². The van der Waals surface area contributed by atoms with Crippen molar-refractivity contribution in [2.75, 3.05) is 13.7 Å². The first-order valence-electron chi connectivity index (χ1n) is 6.09. The minimum absolute atomic E-state index is 0.0296. The topological polar surface area (TPSA) is 47.3 Å². The molecule has 3 N–H and O–H groups in total. The molecule has 0 aliphatic heterocycles. The van der Waals surface area contributed by atoms with Crippen molar-refractivity contribution < 1.29 is 4.74 Å². The van der Waals surface area contributed by atoms with Crippen LogP contribution in [0.3, 0.4) is 0 Å². The van der Waals surface area contributed by atoms with E-state index in [2.05, 4.69) is 38.2 Å². The Morgan fingerprint density at radius 1 is 1.24 bits per heavy atom. The highest BCUT2D eigenvalue weighted by Gasteiger charge is 2.12. The van der Waals surface area contributed by atoms with Crippen molar-refractivity contribution in [1.29, 1.82) is 0 Å². The van der Waals surface area contributed by atoms with Gasteiger partial charge in [-0.1, -0.05) is 19.9 Å². The van der Waals surface area contributed by atoms with Crippen LogP contribution in [0.5, 0.6) is 5.75 Å². The lowest BCUT2D eigenvalue weighted by atomic mass is 9.98. The molecular weight excluding hydrogens is 212 g/mol. The fraction of sp³-hybridized carbons (Fsp3) is 0.571. The van der Waals surface area contributed by atoms with Gasteiger partial charge < -0.3 is 15.8 Å². The zero-order valence-corrected chi connectivity index (χ0v) is 11.5. The normalized spacial score (nSPS) is 12.9. The molecule has 1 atom stereocenters. The number of nitrogens with two attached hydrogens (primary N) is 1. The van der Waals surface area contributed by atoms with Gasteiger partial charge in [0, 0.05) is 18.6 Å². The summed E-state index contributed by atoms with van der Waals surface area (Å²) in [6.07, 6.45) is 0. The number of ether oxygens (including phenoxy) is 1. The molecule has 3 nitrogen and oxygen atoms in total. The zero-order chi connectivity index (χ0) is 13.0. The van der Waals surface area contributed by atoms with Crippen LogP contribution in [0.15, 0.2) is 12.1 Å². The number of benzene rings is 1. The molecular formula is C14H24N2O. The standard InChI is InChI=1S/C14H24N2O/c1-9(2)16-8-13(15)12-6-11(4)14(17-5)7-10(12)3/h6-7,9,13,16H,8,15H2,1-5H3. The van der Waals surface area contributed by atoms with Crippen molar-refractivity contribution in [1.82, 2.24) is 5.32 Å². The van der Waals surface area contributed by atoms with E-state index >= 15 is 0 Å². The quantitative estimate of drug-likeness (QED) is 0.824. The Kier molecular flexibility index (Phi) is 4.97. The van der Waals surface area contributed by atoms with Gasteiger partial charge in [0.1, 0.15) is 5.75 Å². The summed E-state index contributed by atoms with van der Waals surface area (Å²) in [6.45, 7) is 9.17. The van der Waals surface area contributed by atoms with Crippen LogP contribution in [-0.4, -0.2) is 19.7 Å². The van der Waals surface area contributed by atoms with Gasteiger partial charge in [-0.2, -0.15) is 0 Å². The smallest absolute Gasteiger partial charge is 0.122 e. The van der Waals surface area contributed by atoms with E-state index in [-0.39, 0.29) is 6.04 Å². The molecule has 0 fully saturated rings. The highest BCUT2D eigenvalue weighted by Crippen LogP contribution is 2.25. The summed E-state index contributed by atoms with van der Waals surface area (Å²) in [5.74, 6) is 0.926. The summed E-state index contributed by atoms with van der Waals surface area (Å²) in [5, 5.41) is 3.36. The molecule has 0 aromatic heterocycles. The molecule has 1 rings (SSSR count). The van der Waals surface area contributed by atoms with Crippen LogP contribution in [0.25, 0.3) is 0 Å². The monoisotopic (exact) mass is 236 g/mol. The molecule has 17 heavy (non-hydrogen) atoms. The number of methoxy groups -OCH3 is 1. The average molecular weight is 236 g/mol. The van der Waals surface area contributed by atoms with Crippen LogP contribution in [0.2, 0.25) is 0 Å². The summed E-state index contributed by atoms with van der Waals surface area (Å²) < 4.78 is 5.30. The predicted molar refractivity (Wildman–Crippen MR) is 72.5 cm³/mol. The van der Waals surface area contributed by atoms with E-state index in [0.717, 1.165) is 17.9 Å². The maximum absolute atomic E-state index is 6.20. The second kappa shape index (κ2) is 6.03. The van der Waals surface area contributed by atoms with Gasteiger partial charge in [-0.05, 0) is 36.6 Å². The van der Waals surface area contributed by atoms with Crippen molar-refractivity contribution in [3.8, 4) is 5.75 Å². The van der Waals surface area contributed by atoms with Gasteiger partial charge >= 0.3 is 0 Å². The van der Waals surface area contributed by atoms with Crippen LogP contribution in [-0.2, 0) is 0 Å². The Hall–Kier alpha value is -1.06. The first-order valence-corrected chi connectivity index (χ1v) is 6.09. The van der Waals surface area contributed by atoms with Crippen molar-refractivity contribution in [2.45, 2.75) is 39.8 Å². The Morgan fingerprint density at radius 3 is 2.41 bits per heavy atom. The van der Waals surface area contributed by atoms with Gasteiger partial charge in [-0.3, -0.25) is 0 Å². The van der Waals surface area contributed by atoms with E-state index in [1.807, 2.05) is 6.92 Å². The highest BCUT2D eigenvalue weighted by molar-refractivity contribution is 5.42. The summed E-state index contributed by atoms with van der Waals surface area (Å²) in [7, 11) is 1.70. The Bertz CT molecular complexity index is 375. The highest BCUT2D eigenvalue weighted by atomic mass is 16.5. The van der Waals surface area contributed by atoms with Crippen molar-refractivity contribution in [2.24, 2.45) is 5.73 Å². The minimum Gasteiger partial charge on any atom is -0.496 e. The Morgan fingerprint density at radius 2 is 1.88 bits per heavy atom. The fourth-order valence-electron chi connectivity index (χ4n) is 1.90. The first-order chi connectivity index (χ1) is 7.95. The summed E-state index contributed by atoms with van der Waals surface area (Å²) in [4.78, 5) is 0. The van der Waals surface area contributed by atoms with Gasteiger partial charge in [0.25, 0.3) is 0 Å². The van der Waals surface area contributed by atoms with Crippen LogP contribution >= 0.6 is 0 Å². The van der Waals surface area contributed by atoms with Crippen LogP contribution < -0.4 is 15.8 Å². The second-order valence-electron chi connectivity index (χ2n) is 4.85. The molecule has 0 radical (unpaired) electrons. The molecule has 0 amide bonds. The molecule has 0 heterocycles. The average Bonchev–Trinajstić information content (AvgIpc) is 2.28. The third-order valence-electron chi connectivity index (χ3n) is 2.93. The largest absolute Gasteiger partial charge is 0.496 e. The van der Waals surface area contributed by atoms with E-state index in [0.29, 0.717) is 6.04 Å². The van der Waals surface area contributed by atoms with Crippen LogP contribution in [0.1, 0.15) is 36.6 Å². The first kappa shape index (κ1) is 14.0. The molecule has 1 aromatic rings. The summed E-state index contributed by atoms with van der Waals surface area (Å²) >= 11 is 0. The zero-order valence-electron chi connectivity index (χ0n) is 11.5. The van der Waals surface area contributed by atoms with Crippen molar-refractivity contribution in [3.05, 3.63) is 28.8 Å². The lowest BCUT2D eigenvalue weighted by molar-refractivity contribution is 0.411. The lowest BCUT2D eigenvalue weighted by Gasteiger charge is -2.19. The molecule has 0 aliphatic rings. The number of aryl methyl sites for hydroxylation is 2. The molecule has 0 saturated heterocycles. The third-order valence-corrected chi connectivity index (χ3v) is 2.93. The maximum Gasteiger partial charge on any atom is 0.122 e. The third kappa shape index (κ3) is 3.72. The predicted octanol–water partition coefficient (Wildman–Crippen LogP) is 2.31. The van der Waals surface area contributed by atoms with Gasteiger partial charge in [0.2, 0.25) is 0 Å². The van der Waals surface area contributed by atoms with E-state index < -0.39 is 0 Å². The SMILES string of the molecule is COc1cc(C)c(C(N)CNC(C)C)cc1C. The molecule has 96 valence electrons. The van der Waals surface area contributed by atoms with E-state index in [9.17, 15) is 0 Å². The number of hydrogen-bond acceptors (Lipinski definition) is 3. The van der Waals surface area contributed by atoms with Gasteiger partial charge in [0.15, 0.2) is 0 Å². The number of nitrogens with one attached hydrogen (secondary N) is 1. The summed E-state index contributed by atoms with van der Waals surface area (Å²) in [6, 6.07) is 4.67. The van der Waals surface area contributed by atoms with Crippen LogP contribution in [0, 0.1) is 13.8 Å². The van der Waals surface area contributed by atoms with E-state index in [1.54, 1.807) is 7.11 Å². The van der Waals surface area contributed by atoms with Crippen molar-refractivity contribution >= 4 is 0 Å². The Labute approximate surface area is 104 Å². The van der Waals surface area contributed by atoms with Crippen molar-refractivity contribution in [3.63, 3.8) is 0 Å².